The molecule has 30 heavy (non-hydrogen) atoms. The summed E-state index contributed by atoms with van der Waals surface area (Å²) in [5.41, 5.74) is 4.63. The zero-order valence-corrected chi connectivity index (χ0v) is 18.3. The molecule has 0 spiro atoms. The number of carbonyl (C=O) groups is 1. The van der Waals surface area contributed by atoms with Crippen molar-refractivity contribution in [1.29, 1.82) is 0 Å². The molecule has 2 fully saturated rings. The van der Waals surface area contributed by atoms with E-state index in [0.29, 0.717) is 5.92 Å². The maximum atomic E-state index is 13.4. The highest BCUT2D eigenvalue weighted by molar-refractivity contribution is 5.96. The fourth-order valence-electron chi connectivity index (χ4n) is 5.53. The molecule has 2 aromatic carbocycles. The van der Waals surface area contributed by atoms with Gasteiger partial charge in [-0.15, -0.1) is 0 Å². The number of carbonyl (C=O) groups excluding carboxylic acids is 1. The molecule has 0 radical (unpaired) electrons. The average molecular weight is 407 g/mol. The van der Waals surface area contributed by atoms with Crippen molar-refractivity contribution in [3.8, 4) is 0 Å². The van der Waals surface area contributed by atoms with Gasteiger partial charge in [0.15, 0.2) is 0 Å². The molecule has 4 rings (SSSR count). The van der Waals surface area contributed by atoms with Gasteiger partial charge in [0.2, 0.25) is 0 Å². The van der Waals surface area contributed by atoms with Gasteiger partial charge in [-0.2, -0.15) is 0 Å². The molecular weight excluding hydrogens is 372 g/mol. The van der Waals surface area contributed by atoms with Crippen LogP contribution in [0.3, 0.4) is 0 Å². The van der Waals surface area contributed by atoms with Gasteiger partial charge >= 0.3 is 0 Å². The largest absolute Gasteiger partial charge is 0.396 e. The van der Waals surface area contributed by atoms with E-state index >= 15 is 0 Å². The van der Waals surface area contributed by atoms with Crippen molar-refractivity contribution in [1.82, 2.24) is 9.80 Å². The minimum atomic E-state index is 0.152. The first-order valence-corrected chi connectivity index (χ1v) is 11.2. The first kappa shape index (κ1) is 21.1. The minimum Gasteiger partial charge on any atom is -0.396 e. The van der Waals surface area contributed by atoms with E-state index in [2.05, 4.69) is 53.1 Å². The van der Waals surface area contributed by atoms with Crippen molar-refractivity contribution in [2.24, 2.45) is 11.3 Å². The SMILES string of the molecule is Cc1ccc(C(=O)N2C[C@@H]3CN(CCCO)C[C@]3(CCc3ccccc3)C2)c(C)c1. The Morgan fingerprint density at radius 1 is 1.10 bits per heavy atom. The second-order valence-electron chi connectivity index (χ2n) is 9.36. The number of amides is 1. The zero-order valence-electron chi connectivity index (χ0n) is 18.3. The summed E-state index contributed by atoms with van der Waals surface area (Å²) < 4.78 is 0. The normalized spacial score (nSPS) is 23.7. The molecule has 0 aromatic heterocycles. The smallest absolute Gasteiger partial charge is 0.254 e. The van der Waals surface area contributed by atoms with Crippen molar-refractivity contribution in [2.45, 2.75) is 33.1 Å². The lowest BCUT2D eigenvalue weighted by Gasteiger charge is -2.30. The summed E-state index contributed by atoms with van der Waals surface area (Å²) in [5, 5.41) is 9.25. The van der Waals surface area contributed by atoms with E-state index in [1.54, 1.807) is 0 Å². The summed E-state index contributed by atoms with van der Waals surface area (Å²) in [4.78, 5) is 18.0. The lowest BCUT2D eigenvalue weighted by molar-refractivity contribution is 0.0755. The third kappa shape index (κ3) is 4.30. The molecule has 0 aliphatic carbocycles. The average Bonchev–Trinajstić information content (AvgIpc) is 3.25. The van der Waals surface area contributed by atoms with Gasteiger partial charge in [0.25, 0.3) is 5.91 Å². The van der Waals surface area contributed by atoms with E-state index in [4.69, 9.17) is 0 Å². The fraction of sp³-hybridized carbons (Fsp3) is 0.500. The van der Waals surface area contributed by atoms with E-state index in [1.165, 1.54) is 11.1 Å². The monoisotopic (exact) mass is 406 g/mol. The molecule has 0 bridgehead atoms. The molecule has 1 N–H and O–H groups in total. The van der Waals surface area contributed by atoms with Crippen molar-refractivity contribution in [2.75, 3.05) is 39.3 Å². The zero-order chi connectivity index (χ0) is 21.1. The molecule has 2 aliphatic rings. The Bertz CT molecular complexity index is 882. The van der Waals surface area contributed by atoms with Crippen LogP contribution in [0.5, 0.6) is 0 Å². The van der Waals surface area contributed by atoms with Crippen LogP contribution in [-0.2, 0) is 6.42 Å². The van der Waals surface area contributed by atoms with Gasteiger partial charge in [-0.3, -0.25) is 4.79 Å². The topological polar surface area (TPSA) is 43.8 Å². The van der Waals surface area contributed by atoms with Crippen molar-refractivity contribution in [3.05, 3.63) is 70.8 Å². The van der Waals surface area contributed by atoms with Crippen LogP contribution in [0.1, 0.15) is 39.9 Å². The quantitative estimate of drug-likeness (QED) is 0.763. The number of aliphatic hydroxyl groups excluding tert-OH is 1. The van der Waals surface area contributed by atoms with Crippen LogP contribution < -0.4 is 0 Å². The Morgan fingerprint density at radius 2 is 1.90 bits per heavy atom. The molecule has 2 aliphatic heterocycles. The predicted octanol–water partition coefficient (Wildman–Crippen LogP) is 3.69. The summed E-state index contributed by atoms with van der Waals surface area (Å²) in [6, 6.07) is 16.8. The molecule has 0 saturated carbocycles. The summed E-state index contributed by atoms with van der Waals surface area (Å²) in [7, 11) is 0. The molecule has 2 saturated heterocycles. The lowest BCUT2D eigenvalue weighted by Crippen LogP contribution is -2.37. The number of hydrogen-bond donors (Lipinski definition) is 1. The first-order valence-electron chi connectivity index (χ1n) is 11.2. The van der Waals surface area contributed by atoms with E-state index in [-0.39, 0.29) is 17.9 Å². The van der Waals surface area contributed by atoms with Crippen LogP contribution in [0.25, 0.3) is 0 Å². The Kier molecular flexibility index (Phi) is 6.26. The second kappa shape index (κ2) is 8.91. The molecule has 1 amide bonds. The van der Waals surface area contributed by atoms with E-state index < -0.39 is 0 Å². The van der Waals surface area contributed by atoms with Gasteiger partial charge in [-0.25, -0.2) is 0 Å². The number of likely N-dealkylation sites (tertiary alicyclic amines) is 2. The van der Waals surface area contributed by atoms with Crippen molar-refractivity contribution < 1.29 is 9.90 Å². The number of benzene rings is 2. The standard InChI is InChI=1S/C26H34N2O2/c1-20-9-10-24(21(2)15-20)25(30)28-17-23-16-27(13-6-14-29)18-26(23,19-28)12-11-22-7-4-3-5-8-22/h3-5,7-10,15,23,29H,6,11-14,16-19H2,1-2H3/t23-,26+/m0/s1. The van der Waals surface area contributed by atoms with Gasteiger partial charge in [0.05, 0.1) is 0 Å². The Morgan fingerprint density at radius 3 is 2.63 bits per heavy atom. The van der Waals surface area contributed by atoms with Crippen LogP contribution in [-0.4, -0.2) is 60.1 Å². The van der Waals surface area contributed by atoms with Gasteiger partial charge < -0.3 is 14.9 Å². The molecule has 2 atom stereocenters. The summed E-state index contributed by atoms with van der Waals surface area (Å²) in [6.07, 6.45) is 2.98. The third-order valence-corrected chi connectivity index (χ3v) is 7.12. The fourth-order valence-corrected chi connectivity index (χ4v) is 5.53. The Labute approximate surface area is 180 Å². The maximum Gasteiger partial charge on any atom is 0.254 e. The number of hydrogen-bond acceptors (Lipinski definition) is 3. The number of nitrogens with zero attached hydrogens (tertiary/aromatic N) is 2. The highest BCUT2D eigenvalue weighted by Gasteiger charge is 2.52. The van der Waals surface area contributed by atoms with Crippen LogP contribution in [0.4, 0.5) is 0 Å². The molecule has 4 nitrogen and oxygen atoms in total. The Balaban J connectivity index is 1.51. The molecule has 4 heteroatoms. The van der Waals surface area contributed by atoms with E-state index in [0.717, 1.165) is 63.1 Å². The summed E-state index contributed by atoms with van der Waals surface area (Å²) >= 11 is 0. The highest BCUT2D eigenvalue weighted by atomic mass is 16.3. The summed E-state index contributed by atoms with van der Waals surface area (Å²) in [5.74, 6) is 0.692. The first-order chi connectivity index (χ1) is 14.5. The molecule has 2 heterocycles. The van der Waals surface area contributed by atoms with Gasteiger partial charge in [-0.1, -0.05) is 48.0 Å². The number of aliphatic hydroxyl groups is 1. The molecule has 160 valence electrons. The van der Waals surface area contributed by atoms with Gasteiger partial charge in [0.1, 0.15) is 0 Å². The van der Waals surface area contributed by atoms with Crippen LogP contribution >= 0.6 is 0 Å². The lowest BCUT2D eigenvalue weighted by atomic mass is 9.76. The molecule has 0 unspecified atom stereocenters. The minimum absolute atomic E-state index is 0.152. The van der Waals surface area contributed by atoms with Gasteiger partial charge in [-0.05, 0) is 56.2 Å². The second-order valence-corrected chi connectivity index (χ2v) is 9.36. The van der Waals surface area contributed by atoms with Crippen molar-refractivity contribution >= 4 is 5.91 Å². The highest BCUT2D eigenvalue weighted by Crippen LogP contribution is 2.46. The Hall–Kier alpha value is -2.17. The number of rotatable bonds is 7. The third-order valence-electron chi connectivity index (χ3n) is 7.12. The molecule has 2 aromatic rings. The number of aryl methyl sites for hydroxylation is 3. The molecular formula is C26H34N2O2. The maximum absolute atomic E-state index is 13.4. The van der Waals surface area contributed by atoms with E-state index in [1.807, 2.05) is 19.1 Å². The number of fused-ring (bicyclic) bond motifs is 1. The van der Waals surface area contributed by atoms with Crippen molar-refractivity contribution in [3.63, 3.8) is 0 Å². The predicted molar refractivity (Wildman–Crippen MR) is 121 cm³/mol. The van der Waals surface area contributed by atoms with E-state index in [9.17, 15) is 9.90 Å². The van der Waals surface area contributed by atoms with Crippen LogP contribution in [0.2, 0.25) is 0 Å². The van der Waals surface area contributed by atoms with Crippen LogP contribution in [0.15, 0.2) is 48.5 Å². The summed E-state index contributed by atoms with van der Waals surface area (Å²) in [6.45, 7) is 9.05. The van der Waals surface area contributed by atoms with Gasteiger partial charge in [0, 0.05) is 50.3 Å². The van der Waals surface area contributed by atoms with Crippen LogP contribution in [0, 0.1) is 25.2 Å².